The Kier molecular flexibility index (Phi) is 3.29. The number of rotatable bonds is 3. The van der Waals surface area contributed by atoms with Crippen LogP contribution in [0.25, 0.3) is 10.1 Å². The second-order valence-electron chi connectivity index (χ2n) is 4.49. The molecule has 3 aromatic rings. The Morgan fingerprint density at radius 2 is 2.00 bits per heavy atom. The first-order chi connectivity index (χ1) is 9.29. The molecule has 0 aliphatic heterocycles. The van der Waals surface area contributed by atoms with Gasteiger partial charge < -0.3 is 0 Å². The number of hydrogen-bond acceptors (Lipinski definition) is 4. The number of nitrogens with zero attached hydrogens (tertiary/aromatic N) is 1. The van der Waals surface area contributed by atoms with Gasteiger partial charge in [-0.05, 0) is 41.5 Å². The predicted molar refractivity (Wildman–Crippen MR) is 80.0 cm³/mol. The maximum atomic E-state index is 5.76. The quantitative estimate of drug-likeness (QED) is 0.567. The van der Waals surface area contributed by atoms with E-state index in [1.54, 1.807) is 11.3 Å². The molecule has 3 N–H and O–H groups in total. The molecule has 0 aliphatic rings. The van der Waals surface area contributed by atoms with Crippen LogP contribution in [0.2, 0.25) is 0 Å². The van der Waals surface area contributed by atoms with Gasteiger partial charge in [-0.2, -0.15) is 0 Å². The van der Waals surface area contributed by atoms with Gasteiger partial charge in [0.1, 0.15) is 0 Å². The number of pyridine rings is 1. The summed E-state index contributed by atoms with van der Waals surface area (Å²) in [7, 11) is 0. The summed E-state index contributed by atoms with van der Waals surface area (Å²) >= 11 is 1.73. The number of aromatic nitrogens is 1. The van der Waals surface area contributed by atoms with Crippen LogP contribution in [0.15, 0.2) is 47.8 Å². The van der Waals surface area contributed by atoms with Crippen molar-refractivity contribution in [2.24, 2.45) is 5.84 Å². The van der Waals surface area contributed by atoms with Crippen LogP contribution in [0.5, 0.6) is 0 Å². The molecule has 0 bridgehead atoms. The molecular weight excluding hydrogens is 254 g/mol. The zero-order chi connectivity index (χ0) is 13.2. The minimum Gasteiger partial charge on any atom is -0.271 e. The van der Waals surface area contributed by atoms with Crippen molar-refractivity contribution in [1.29, 1.82) is 0 Å². The van der Waals surface area contributed by atoms with Gasteiger partial charge in [-0.3, -0.25) is 10.8 Å². The number of fused-ring (bicyclic) bond motifs is 1. The summed E-state index contributed by atoms with van der Waals surface area (Å²) in [4.78, 5) is 4.57. The van der Waals surface area contributed by atoms with Crippen molar-refractivity contribution in [3.8, 4) is 0 Å². The summed E-state index contributed by atoms with van der Waals surface area (Å²) in [5.74, 6) is 5.76. The van der Waals surface area contributed by atoms with E-state index in [4.69, 9.17) is 5.84 Å². The maximum Gasteiger partial charge on any atom is 0.0895 e. The van der Waals surface area contributed by atoms with Crippen LogP contribution in [0.1, 0.15) is 23.0 Å². The lowest BCUT2D eigenvalue weighted by Crippen LogP contribution is -2.29. The third-order valence-electron chi connectivity index (χ3n) is 3.19. The Balaban J connectivity index is 2.14. The first kappa shape index (κ1) is 12.3. The zero-order valence-corrected chi connectivity index (χ0v) is 11.4. The van der Waals surface area contributed by atoms with Crippen molar-refractivity contribution in [3.63, 3.8) is 0 Å². The minimum absolute atomic E-state index is 0.0812. The van der Waals surface area contributed by atoms with E-state index in [-0.39, 0.29) is 6.04 Å². The van der Waals surface area contributed by atoms with Crippen molar-refractivity contribution < 1.29 is 0 Å². The molecule has 3 nitrogen and oxygen atoms in total. The molecule has 2 heterocycles. The number of benzene rings is 1. The molecule has 0 aliphatic carbocycles. The largest absolute Gasteiger partial charge is 0.271 e. The van der Waals surface area contributed by atoms with Gasteiger partial charge in [-0.15, -0.1) is 11.3 Å². The highest BCUT2D eigenvalue weighted by molar-refractivity contribution is 7.17. The van der Waals surface area contributed by atoms with E-state index >= 15 is 0 Å². The lowest BCUT2D eigenvalue weighted by Gasteiger charge is -2.17. The van der Waals surface area contributed by atoms with E-state index in [0.717, 1.165) is 11.4 Å². The molecule has 0 saturated carbocycles. The van der Waals surface area contributed by atoms with Crippen molar-refractivity contribution >= 4 is 21.4 Å². The standard InChI is InChI=1S/C15H15N3S/c1-10-4-2-7-13(17-10)14(18-16)12-6-3-5-11-8-9-19-15(11)12/h2-9,14,18H,16H2,1H3. The van der Waals surface area contributed by atoms with E-state index in [1.165, 1.54) is 15.6 Å². The fourth-order valence-corrected chi connectivity index (χ4v) is 3.25. The van der Waals surface area contributed by atoms with Crippen LogP contribution in [-0.2, 0) is 0 Å². The normalized spacial score (nSPS) is 12.7. The summed E-state index contributed by atoms with van der Waals surface area (Å²) in [6.45, 7) is 1.99. The SMILES string of the molecule is Cc1cccc(C(NN)c2cccc3ccsc23)n1. The topological polar surface area (TPSA) is 50.9 Å². The minimum atomic E-state index is -0.0812. The molecule has 3 rings (SSSR count). The Morgan fingerprint density at radius 1 is 1.16 bits per heavy atom. The number of hydrazine groups is 1. The summed E-state index contributed by atoms with van der Waals surface area (Å²) in [6, 6.07) is 14.3. The Bertz CT molecular complexity index is 705. The Hall–Kier alpha value is -1.75. The second kappa shape index (κ2) is 5.09. The van der Waals surface area contributed by atoms with E-state index < -0.39 is 0 Å². The smallest absolute Gasteiger partial charge is 0.0895 e. The van der Waals surface area contributed by atoms with Gasteiger partial charge in [0.2, 0.25) is 0 Å². The Labute approximate surface area is 116 Å². The van der Waals surface area contributed by atoms with Crippen molar-refractivity contribution in [3.05, 3.63) is 64.8 Å². The number of hydrogen-bond donors (Lipinski definition) is 2. The monoisotopic (exact) mass is 269 g/mol. The Morgan fingerprint density at radius 3 is 2.79 bits per heavy atom. The predicted octanol–water partition coefficient (Wildman–Crippen LogP) is 3.16. The maximum absolute atomic E-state index is 5.76. The van der Waals surface area contributed by atoms with Crippen LogP contribution >= 0.6 is 11.3 Å². The van der Waals surface area contributed by atoms with Gasteiger partial charge in [-0.25, -0.2) is 5.43 Å². The number of nitrogens with two attached hydrogens (primary N) is 1. The number of thiophene rings is 1. The lowest BCUT2D eigenvalue weighted by atomic mass is 10.0. The molecule has 0 amide bonds. The third kappa shape index (κ3) is 2.26. The van der Waals surface area contributed by atoms with Gasteiger partial charge in [0, 0.05) is 10.4 Å². The van der Waals surface area contributed by atoms with Gasteiger partial charge in [0.05, 0.1) is 11.7 Å². The molecule has 1 unspecified atom stereocenters. The molecule has 19 heavy (non-hydrogen) atoms. The molecular formula is C15H15N3S. The fourth-order valence-electron chi connectivity index (χ4n) is 2.30. The van der Waals surface area contributed by atoms with Gasteiger partial charge in [0.25, 0.3) is 0 Å². The number of aryl methyl sites for hydroxylation is 1. The summed E-state index contributed by atoms with van der Waals surface area (Å²) in [6.07, 6.45) is 0. The van der Waals surface area contributed by atoms with Crippen LogP contribution in [0.3, 0.4) is 0 Å². The number of nitrogens with one attached hydrogen (secondary N) is 1. The molecule has 0 radical (unpaired) electrons. The van der Waals surface area contributed by atoms with Gasteiger partial charge in [0.15, 0.2) is 0 Å². The fraction of sp³-hybridized carbons (Fsp3) is 0.133. The average molecular weight is 269 g/mol. The van der Waals surface area contributed by atoms with E-state index in [0.29, 0.717) is 0 Å². The molecule has 0 fully saturated rings. The van der Waals surface area contributed by atoms with Crippen LogP contribution < -0.4 is 11.3 Å². The van der Waals surface area contributed by atoms with Crippen molar-refractivity contribution in [2.45, 2.75) is 13.0 Å². The highest BCUT2D eigenvalue weighted by Gasteiger charge is 2.17. The highest BCUT2D eigenvalue weighted by Crippen LogP contribution is 2.31. The lowest BCUT2D eigenvalue weighted by molar-refractivity contribution is 0.623. The van der Waals surface area contributed by atoms with Crippen LogP contribution in [0.4, 0.5) is 0 Å². The first-order valence-electron chi connectivity index (χ1n) is 6.15. The van der Waals surface area contributed by atoms with Crippen molar-refractivity contribution in [1.82, 2.24) is 10.4 Å². The summed E-state index contributed by atoms with van der Waals surface area (Å²) in [5, 5.41) is 3.35. The van der Waals surface area contributed by atoms with Gasteiger partial charge in [-0.1, -0.05) is 24.3 Å². The average Bonchev–Trinajstić information content (AvgIpc) is 2.89. The van der Waals surface area contributed by atoms with E-state index in [2.05, 4.69) is 40.1 Å². The highest BCUT2D eigenvalue weighted by atomic mass is 32.1. The molecule has 0 saturated heterocycles. The molecule has 1 atom stereocenters. The third-order valence-corrected chi connectivity index (χ3v) is 4.17. The first-order valence-corrected chi connectivity index (χ1v) is 7.03. The van der Waals surface area contributed by atoms with Crippen molar-refractivity contribution in [2.75, 3.05) is 0 Å². The van der Waals surface area contributed by atoms with E-state index in [1.807, 2.05) is 25.1 Å². The molecule has 96 valence electrons. The zero-order valence-electron chi connectivity index (χ0n) is 10.6. The summed E-state index contributed by atoms with van der Waals surface area (Å²) in [5.41, 5.74) is 6.01. The second-order valence-corrected chi connectivity index (χ2v) is 5.41. The van der Waals surface area contributed by atoms with Crippen LogP contribution in [0, 0.1) is 6.92 Å². The molecule has 4 heteroatoms. The molecule has 2 aromatic heterocycles. The molecule has 0 spiro atoms. The van der Waals surface area contributed by atoms with Crippen LogP contribution in [-0.4, -0.2) is 4.98 Å². The molecule has 1 aromatic carbocycles. The van der Waals surface area contributed by atoms with Gasteiger partial charge >= 0.3 is 0 Å². The van der Waals surface area contributed by atoms with E-state index in [9.17, 15) is 0 Å². The summed E-state index contributed by atoms with van der Waals surface area (Å²) < 4.78 is 1.26.